The van der Waals surface area contributed by atoms with Crippen molar-refractivity contribution in [3.8, 4) is 0 Å². The van der Waals surface area contributed by atoms with Crippen LogP contribution in [0.1, 0.15) is 72.3 Å². The highest BCUT2D eigenvalue weighted by Crippen LogP contribution is 2.94. The fourth-order valence-corrected chi connectivity index (χ4v) is 27.4. The van der Waals surface area contributed by atoms with Crippen LogP contribution in [-0.4, -0.2) is 0 Å². The Balaban J connectivity index is 1.05. The summed E-state index contributed by atoms with van der Waals surface area (Å²) in [5.41, 5.74) is 20.2. The van der Waals surface area contributed by atoms with E-state index in [1.807, 2.05) is 0 Å². The van der Waals surface area contributed by atoms with E-state index in [4.69, 9.17) is 0 Å². The standard InChI is InChI=1S/C80H19/c1-4-10-18(11-5-1)16-78-69-59-49-43-29-27-22-21-23-25-26-24(21)32-34-28(22)30(29)44-46-45(43)57(59)66-68-58(46)60-50(44)48(34)52-38(32)42-36(26)41-40-35(25)39-37-31(23)33(27)47(49)51(37)61(69)63-53(39)54(40)64-65-55(41)56(42)67-62(52)70(60)80(20-14-8-3-9-15-20)75(67)73(65)79(72(64)71(63)78,77(74(66)78)76(68)80)17-19-12-6-2-7-13-19/h1-15H,16-17H2/t78-,79-,80+/m0/s1. The van der Waals surface area contributed by atoms with Gasteiger partial charge in [0.1, 0.15) is 0 Å². The van der Waals surface area contributed by atoms with E-state index in [0.717, 1.165) is 12.8 Å². The molecular formula is C80H19. The first-order valence-corrected chi connectivity index (χ1v) is 29.9. The molecule has 0 bridgehead atoms. The summed E-state index contributed by atoms with van der Waals surface area (Å²) in [6.07, 6.45) is 1.96. The molecule has 0 saturated heterocycles. The van der Waals surface area contributed by atoms with Gasteiger partial charge >= 0.3 is 0 Å². The molecule has 24 aromatic carbocycles. The third-order valence-electron chi connectivity index (χ3n) is 27.8. The molecule has 0 aromatic heterocycles. The zero-order chi connectivity index (χ0) is 48.2. The molecule has 0 amide bonds. The zero-order valence-corrected chi connectivity index (χ0v) is 41.6. The third kappa shape index (κ3) is 1.92. The maximum atomic E-state index is 2.63. The number of hydrogen-bond acceptors (Lipinski definition) is 0. The van der Waals surface area contributed by atoms with Crippen LogP contribution in [0.5, 0.6) is 0 Å². The normalized spacial score (nSPS) is 25.6. The lowest BCUT2D eigenvalue weighted by molar-refractivity contribution is 0.385. The van der Waals surface area contributed by atoms with E-state index in [9.17, 15) is 0 Å². The molecule has 80 heavy (non-hydrogen) atoms. The van der Waals surface area contributed by atoms with Crippen molar-refractivity contribution in [1.82, 2.24) is 0 Å². The lowest BCUT2D eigenvalue weighted by atomic mass is 9.38. The van der Waals surface area contributed by atoms with E-state index in [2.05, 4.69) is 91.0 Å². The molecular weight excluding hydrogens is 961 g/mol. The van der Waals surface area contributed by atoms with E-state index in [1.165, 1.54) is 16.7 Å². The van der Waals surface area contributed by atoms with Crippen LogP contribution >= 0.6 is 0 Å². The minimum Gasteiger partial charge on any atom is -0.0622 e. The Hall–Kier alpha value is -8.84. The topological polar surface area (TPSA) is 0 Å². The second kappa shape index (κ2) is 7.90. The second-order valence-corrected chi connectivity index (χ2v) is 28.6. The van der Waals surface area contributed by atoms with Gasteiger partial charge in [0.15, 0.2) is 0 Å². The minimum atomic E-state index is -0.489. The smallest absolute Gasteiger partial charge is 0.0545 e. The molecule has 11 aliphatic carbocycles. The summed E-state index contributed by atoms with van der Waals surface area (Å²) in [5.74, 6) is 11.9. The van der Waals surface area contributed by atoms with Crippen LogP contribution < -0.4 is 0 Å². The molecule has 0 N–H and O–H groups in total. The Morgan fingerprint density at radius 1 is 0.200 bits per heavy atom. The first-order valence-electron chi connectivity index (χ1n) is 29.9. The highest BCUT2D eigenvalue weighted by Gasteiger charge is 2.85. The van der Waals surface area contributed by atoms with Gasteiger partial charge in [-0.05, 0) is 301 Å². The van der Waals surface area contributed by atoms with Crippen molar-refractivity contribution < 1.29 is 0 Å². The van der Waals surface area contributed by atoms with E-state index < -0.39 is 10.8 Å². The van der Waals surface area contributed by atoms with Crippen LogP contribution in [0.25, 0.3) is 215 Å². The average Bonchev–Trinajstić information content (AvgIpc) is 3.02. The van der Waals surface area contributed by atoms with E-state index in [0.29, 0.717) is 0 Å². The van der Waals surface area contributed by atoms with Crippen molar-refractivity contribution in [3.05, 3.63) is 205 Å². The summed E-state index contributed by atoms with van der Waals surface area (Å²) in [6.45, 7) is 0. The average molecular weight is 980 g/mol. The van der Waals surface area contributed by atoms with Gasteiger partial charge in [-0.25, -0.2) is 0 Å². The number of benzene rings is 18. The zero-order valence-electron chi connectivity index (χ0n) is 41.6. The summed E-state index contributed by atoms with van der Waals surface area (Å²) < 4.78 is 0. The van der Waals surface area contributed by atoms with Gasteiger partial charge < -0.3 is 0 Å². The van der Waals surface area contributed by atoms with Crippen molar-refractivity contribution in [1.29, 1.82) is 0 Å². The monoisotopic (exact) mass is 979 g/mol. The molecule has 0 heterocycles. The van der Waals surface area contributed by atoms with Gasteiger partial charge in [0.2, 0.25) is 0 Å². The van der Waals surface area contributed by atoms with Crippen molar-refractivity contribution in [3.63, 3.8) is 0 Å². The Bertz CT molecular complexity index is 7440. The van der Waals surface area contributed by atoms with Crippen molar-refractivity contribution in [2.45, 2.75) is 29.1 Å². The van der Waals surface area contributed by atoms with Crippen LogP contribution in [-0.2, 0) is 29.1 Å². The first kappa shape index (κ1) is 32.3. The van der Waals surface area contributed by atoms with E-state index >= 15 is 0 Å². The van der Waals surface area contributed by atoms with Crippen LogP contribution in [0.3, 0.4) is 0 Å². The van der Waals surface area contributed by atoms with E-state index in [-0.39, 0.29) is 5.41 Å². The van der Waals surface area contributed by atoms with Gasteiger partial charge in [0.05, 0.1) is 5.41 Å². The SMILES string of the molecule is c1ccc(C[C@]23[C]4[C]5[C]6[C]7c8c9c%10c%11c(c2c2c%12c3c3c%13c%14c%15c%16c%17c%18c(c7c7c8c8c%10c%10c%19c%11c2c2c%11c%12c%13c%12c%13c%14c%17c%14c%17c%18c7c7c8c%10c8c(c%192)c(c%11%12)c(c%13%14)c8c7%17)[C@@]%16(c2ccccc2)[C]6[C]4[C@@]3%15Cc2ccccc2)[C]59)cc1. The quantitative estimate of drug-likeness (QED) is 0.151. The molecule has 0 unspecified atom stereocenters. The largest absolute Gasteiger partial charge is 0.0622 e. The molecule has 7 radical (unpaired) electrons. The minimum absolute atomic E-state index is 0.388. The molecule has 0 heteroatoms. The van der Waals surface area contributed by atoms with Gasteiger partial charge in [0, 0.05) is 52.3 Å². The Morgan fingerprint density at radius 2 is 0.487 bits per heavy atom. The van der Waals surface area contributed by atoms with Gasteiger partial charge in [-0.3, -0.25) is 0 Å². The Labute approximate surface area is 446 Å². The first-order chi connectivity index (χ1) is 39.9. The van der Waals surface area contributed by atoms with Crippen LogP contribution in [0, 0.1) is 41.4 Å². The fraction of sp³-hybridized carbons (Fsp3) is 0.0625. The van der Waals surface area contributed by atoms with Gasteiger partial charge in [-0.1, -0.05) is 91.0 Å². The number of rotatable bonds is 5. The molecule has 0 nitrogen and oxygen atoms in total. The summed E-state index contributed by atoms with van der Waals surface area (Å²) in [4.78, 5) is 0. The van der Waals surface area contributed by atoms with Crippen molar-refractivity contribution in [2.75, 3.05) is 0 Å². The molecule has 24 aromatic rings. The molecule has 1 saturated carbocycles. The lowest BCUT2D eigenvalue weighted by Crippen LogP contribution is -2.59. The fourth-order valence-electron chi connectivity index (χ4n) is 27.4. The summed E-state index contributed by atoms with van der Waals surface area (Å²) in [6, 6.07) is 36.5. The molecule has 35 rings (SSSR count). The summed E-state index contributed by atoms with van der Waals surface area (Å²) in [7, 11) is 0. The molecule has 0 spiro atoms. The highest BCUT2D eigenvalue weighted by molar-refractivity contribution is 6.77. The molecule has 1 fully saturated rings. The van der Waals surface area contributed by atoms with Crippen molar-refractivity contribution in [2.24, 2.45) is 0 Å². The molecule has 339 valence electrons. The lowest BCUT2D eigenvalue weighted by Gasteiger charge is -2.62. The number of hydrogen-bond donors (Lipinski definition) is 0. The third-order valence-corrected chi connectivity index (χ3v) is 27.8. The Morgan fingerprint density at radius 3 is 0.912 bits per heavy atom. The van der Waals surface area contributed by atoms with Crippen LogP contribution in [0.4, 0.5) is 0 Å². The summed E-state index contributed by atoms with van der Waals surface area (Å²) in [5, 5.41) is 66.2. The van der Waals surface area contributed by atoms with Crippen molar-refractivity contribution >= 4 is 215 Å². The van der Waals surface area contributed by atoms with Crippen LogP contribution in [0.15, 0.2) is 91.0 Å². The van der Waals surface area contributed by atoms with E-state index in [1.54, 1.807) is 313 Å². The predicted octanol–water partition coefficient (Wildman–Crippen LogP) is 18.5. The summed E-state index contributed by atoms with van der Waals surface area (Å²) >= 11 is 0. The molecule has 3 atom stereocenters. The predicted molar refractivity (Wildman–Crippen MR) is 325 cm³/mol. The molecule has 11 aliphatic rings. The maximum Gasteiger partial charge on any atom is 0.0545 e. The van der Waals surface area contributed by atoms with Gasteiger partial charge in [0.25, 0.3) is 0 Å². The van der Waals surface area contributed by atoms with Gasteiger partial charge in [-0.2, -0.15) is 0 Å². The van der Waals surface area contributed by atoms with Crippen LogP contribution in [0.2, 0.25) is 0 Å². The highest BCUT2D eigenvalue weighted by atomic mass is 14.9. The van der Waals surface area contributed by atoms with Gasteiger partial charge in [-0.15, -0.1) is 0 Å². The molecule has 0 aliphatic heterocycles. The second-order valence-electron chi connectivity index (χ2n) is 28.6. The Kier molecular flexibility index (Phi) is 3.19. The maximum absolute atomic E-state index is 2.63.